The molecule has 0 unspecified atom stereocenters. The predicted octanol–water partition coefficient (Wildman–Crippen LogP) is 1.29. The number of rotatable bonds is 11. The number of unbranched alkanes of at least 4 members (excludes halogenated alkanes) is 1. The molecule has 0 bridgehead atoms. The first kappa shape index (κ1) is 18.9. The highest BCUT2D eigenvalue weighted by atomic mass is 16.5. The van der Waals surface area contributed by atoms with Crippen LogP contribution in [0.5, 0.6) is 0 Å². The van der Waals surface area contributed by atoms with Gasteiger partial charge in [0.05, 0.1) is 7.11 Å². The van der Waals surface area contributed by atoms with E-state index < -0.39 is 0 Å². The van der Waals surface area contributed by atoms with Gasteiger partial charge in [-0.25, -0.2) is 0 Å². The molecule has 1 amide bonds. The topological polar surface area (TPSA) is 116 Å². The molecule has 1 atom stereocenters. The van der Waals surface area contributed by atoms with Crippen molar-refractivity contribution >= 4 is 11.9 Å². The lowest BCUT2D eigenvalue weighted by molar-refractivity contribution is -0.143. The van der Waals surface area contributed by atoms with E-state index in [-0.39, 0.29) is 24.5 Å². The van der Waals surface area contributed by atoms with Crippen LogP contribution < -0.4 is 10.6 Å². The average molecular weight is 297 g/mol. The summed E-state index contributed by atoms with van der Waals surface area (Å²) in [5.74, 6) is -0.610. The molecule has 0 rings (SSSR count). The van der Waals surface area contributed by atoms with E-state index in [9.17, 15) is 9.59 Å². The largest absolute Gasteiger partial charge is 0.468 e. The van der Waals surface area contributed by atoms with Gasteiger partial charge in [0.2, 0.25) is 5.91 Å². The van der Waals surface area contributed by atoms with Crippen LogP contribution in [-0.4, -0.2) is 44.7 Å². The molecule has 0 saturated carbocycles. The number of carbonyl (C=O) groups excluding carboxylic acids is 2. The number of amides is 1. The van der Waals surface area contributed by atoms with Crippen LogP contribution in [0.25, 0.3) is 10.4 Å². The highest BCUT2D eigenvalue weighted by Crippen LogP contribution is 2.03. The Kier molecular flexibility index (Phi) is 10.6. The molecule has 0 saturated heterocycles. The van der Waals surface area contributed by atoms with Crippen LogP contribution in [0.1, 0.15) is 26.2 Å². The van der Waals surface area contributed by atoms with Crippen molar-refractivity contribution in [3.8, 4) is 0 Å². The molecule has 0 spiro atoms. The Labute approximate surface area is 124 Å². The number of azide groups is 1. The van der Waals surface area contributed by atoms with Crippen molar-refractivity contribution in [3.63, 3.8) is 0 Å². The highest BCUT2D eigenvalue weighted by molar-refractivity contribution is 5.78. The summed E-state index contributed by atoms with van der Waals surface area (Å²) in [4.78, 5) is 25.2. The molecule has 2 N–H and O–H groups in total. The first-order chi connectivity index (χ1) is 10.0. The van der Waals surface area contributed by atoms with E-state index in [1.54, 1.807) is 0 Å². The number of methoxy groups -OCH3 is 1. The second-order valence-corrected chi connectivity index (χ2v) is 4.65. The van der Waals surface area contributed by atoms with Gasteiger partial charge >= 0.3 is 5.97 Å². The number of carbonyl (C=O) groups is 2. The summed E-state index contributed by atoms with van der Waals surface area (Å²) in [5, 5.41) is 8.87. The van der Waals surface area contributed by atoms with Gasteiger partial charge in [0.15, 0.2) is 0 Å². The zero-order valence-electron chi connectivity index (χ0n) is 12.6. The number of ether oxygens (including phenoxy) is 1. The zero-order chi connectivity index (χ0) is 16.1. The van der Waals surface area contributed by atoms with Gasteiger partial charge in [-0.15, -0.1) is 0 Å². The molecule has 0 radical (unpaired) electrons. The Bertz CT molecular complexity index is 405. The van der Waals surface area contributed by atoms with Gasteiger partial charge in [0, 0.05) is 18.0 Å². The fourth-order valence-electron chi connectivity index (χ4n) is 1.60. The van der Waals surface area contributed by atoms with Gasteiger partial charge in [-0.3, -0.25) is 9.59 Å². The van der Waals surface area contributed by atoms with Gasteiger partial charge in [0.25, 0.3) is 0 Å². The summed E-state index contributed by atoms with van der Waals surface area (Å²) in [6.07, 6.45) is 2.10. The number of esters is 1. The van der Waals surface area contributed by atoms with E-state index >= 15 is 0 Å². The normalized spacial score (nSPS) is 11.1. The molecule has 21 heavy (non-hydrogen) atoms. The Morgan fingerprint density at radius 3 is 2.71 bits per heavy atom. The van der Waals surface area contributed by atoms with Crippen LogP contribution in [-0.2, 0) is 14.3 Å². The lowest BCUT2D eigenvalue weighted by atomic mass is 10.1. The molecular formula is C13H23N5O3. The molecule has 8 heteroatoms. The fraction of sp³-hybridized carbons (Fsp3) is 0.692. The van der Waals surface area contributed by atoms with Gasteiger partial charge in [-0.2, -0.15) is 0 Å². The minimum Gasteiger partial charge on any atom is -0.468 e. The molecule has 0 aliphatic heterocycles. The van der Waals surface area contributed by atoms with Gasteiger partial charge in [-0.05, 0) is 31.7 Å². The molecule has 0 aromatic rings. The fourth-order valence-corrected chi connectivity index (χ4v) is 1.60. The van der Waals surface area contributed by atoms with Crippen LogP contribution in [0, 0.1) is 0 Å². The Hall–Kier alpha value is -2.05. The summed E-state index contributed by atoms with van der Waals surface area (Å²) < 4.78 is 4.74. The maximum absolute atomic E-state index is 11.6. The van der Waals surface area contributed by atoms with E-state index in [1.807, 2.05) is 6.92 Å². The van der Waals surface area contributed by atoms with Crippen LogP contribution in [0.4, 0.5) is 0 Å². The monoisotopic (exact) mass is 297 g/mol. The third kappa shape index (κ3) is 10.4. The molecule has 0 aliphatic rings. The lowest BCUT2D eigenvalue weighted by Gasteiger charge is -2.16. The Morgan fingerprint density at radius 2 is 2.14 bits per heavy atom. The third-order valence-electron chi connectivity index (χ3n) is 2.66. The van der Waals surface area contributed by atoms with Crippen molar-refractivity contribution in [1.29, 1.82) is 0 Å². The van der Waals surface area contributed by atoms with Crippen molar-refractivity contribution in [2.75, 3.05) is 26.7 Å². The standard InChI is InChI=1S/C13H23N5O3/c1-10(2)8-16-11(13(20)21-3)6-4-5-7-15-12(19)9-17-18-14/h11,16H,1,4-9H2,2-3H3,(H,15,19)/t11-/m0/s1. The summed E-state index contributed by atoms with van der Waals surface area (Å²) in [5.41, 5.74) is 9.01. The maximum atomic E-state index is 11.6. The van der Waals surface area contributed by atoms with Crippen LogP contribution in [0.2, 0.25) is 0 Å². The molecular weight excluding hydrogens is 274 g/mol. The minimum absolute atomic E-state index is 0.193. The molecule has 0 aliphatic carbocycles. The maximum Gasteiger partial charge on any atom is 0.322 e. The van der Waals surface area contributed by atoms with Gasteiger partial charge in [0.1, 0.15) is 12.6 Å². The Balaban J connectivity index is 3.91. The third-order valence-corrected chi connectivity index (χ3v) is 2.66. The second-order valence-electron chi connectivity index (χ2n) is 4.65. The van der Waals surface area contributed by atoms with Crippen molar-refractivity contribution < 1.29 is 14.3 Å². The van der Waals surface area contributed by atoms with Gasteiger partial charge in [-0.1, -0.05) is 17.3 Å². The summed E-state index contributed by atoms with van der Waals surface area (Å²) >= 11 is 0. The smallest absolute Gasteiger partial charge is 0.322 e. The van der Waals surface area contributed by atoms with E-state index in [0.717, 1.165) is 18.4 Å². The SMILES string of the molecule is C=C(C)CN[C@@H](CCCCNC(=O)CN=[N+]=[N-])C(=O)OC. The molecule has 118 valence electrons. The number of hydrogen-bond donors (Lipinski definition) is 2. The highest BCUT2D eigenvalue weighted by Gasteiger charge is 2.17. The summed E-state index contributed by atoms with van der Waals surface area (Å²) in [7, 11) is 1.35. The van der Waals surface area contributed by atoms with Crippen LogP contribution in [0.15, 0.2) is 17.3 Å². The number of hydrogen-bond acceptors (Lipinski definition) is 5. The minimum atomic E-state index is -0.370. The number of nitrogens with one attached hydrogen (secondary N) is 2. The molecule has 8 nitrogen and oxygen atoms in total. The first-order valence-electron chi connectivity index (χ1n) is 6.74. The van der Waals surface area contributed by atoms with E-state index in [4.69, 9.17) is 10.3 Å². The molecule has 0 fully saturated rings. The predicted molar refractivity (Wildman–Crippen MR) is 79.5 cm³/mol. The molecule has 0 aromatic carbocycles. The van der Waals surface area contributed by atoms with Crippen molar-refractivity contribution in [1.82, 2.24) is 10.6 Å². The second kappa shape index (κ2) is 11.7. The Morgan fingerprint density at radius 1 is 1.43 bits per heavy atom. The van der Waals surface area contributed by atoms with Crippen molar-refractivity contribution in [2.24, 2.45) is 5.11 Å². The van der Waals surface area contributed by atoms with E-state index in [0.29, 0.717) is 19.5 Å². The molecule has 0 aromatic heterocycles. The quantitative estimate of drug-likeness (QED) is 0.149. The molecule has 0 heterocycles. The van der Waals surface area contributed by atoms with E-state index in [2.05, 4.69) is 27.2 Å². The van der Waals surface area contributed by atoms with Gasteiger partial charge < -0.3 is 15.4 Å². The van der Waals surface area contributed by atoms with Crippen molar-refractivity contribution in [3.05, 3.63) is 22.6 Å². The summed E-state index contributed by atoms with van der Waals surface area (Å²) in [6.45, 7) is 6.49. The van der Waals surface area contributed by atoms with Crippen LogP contribution >= 0.6 is 0 Å². The van der Waals surface area contributed by atoms with Crippen molar-refractivity contribution in [2.45, 2.75) is 32.2 Å². The average Bonchev–Trinajstić information content (AvgIpc) is 2.46. The lowest BCUT2D eigenvalue weighted by Crippen LogP contribution is -2.38. The number of nitrogens with zero attached hydrogens (tertiary/aromatic N) is 3. The first-order valence-corrected chi connectivity index (χ1v) is 6.74. The summed E-state index contributed by atoms with van der Waals surface area (Å²) in [6, 6.07) is -0.370. The van der Waals surface area contributed by atoms with E-state index in [1.165, 1.54) is 7.11 Å². The van der Waals surface area contributed by atoms with Crippen LogP contribution in [0.3, 0.4) is 0 Å². The zero-order valence-corrected chi connectivity index (χ0v) is 12.6.